The summed E-state index contributed by atoms with van der Waals surface area (Å²) in [6, 6.07) is 28.3. The molecular formula is C28H20N2O6S3. The second kappa shape index (κ2) is 10.5. The summed E-state index contributed by atoms with van der Waals surface area (Å²) in [7, 11) is -8.30. The monoisotopic (exact) mass is 576 g/mol. The number of fused-ring (bicyclic) bond motifs is 1. The van der Waals surface area contributed by atoms with Gasteiger partial charge >= 0.3 is 0 Å². The minimum absolute atomic E-state index is 0.0589. The summed E-state index contributed by atoms with van der Waals surface area (Å²) in [5.41, 5.74) is 0.234. The van der Waals surface area contributed by atoms with Crippen LogP contribution >= 0.6 is 11.8 Å². The van der Waals surface area contributed by atoms with Crippen molar-refractivity contribution in [1.29, 1.82) is 0 Å². The first-order valence-electron chi connectivity index (χ1n) is 11.5. The van der Waals surface area contributed by atoms with Crippen LogP contribution in [0.2, 0.25) is 0 Å². The Kier molecular flexibility index (Phi) is 7.13. The molecule has 8 nitrogen and oxygen atoms in total. The fraction of sp³-hybridized carbons (Fsp3) is 0. The average Bonchev–Trinajstić information content (AvgIpc) is 3.34. The van der Waals surface area contributed by atoms with E-state index in [0.29, 0.717) is 5.39 Å². The molecule has 1 aromatic heterocycles. The molecule has 5 rings (SSSR count). The zero-order valence-electron chi connectivity index (χ0n) is 20.1. The molecule has 0 N–H and O–H groups in total. The fourth-order valence-electron chi connectivity index (χ4n) is 4.02. The number of para-hydroxylation sites is 1. The van der Waals surface area contributed by atoms with Crippen LogP contribution in [0.25, 0.3) is 15.8 Å². The molecule has 5 aromatic rings. The number of benzene rings is 4. The van der Waals surface area contributed by atoms with E-state index in [-0.39, 0.29) is 31.5 Å². The third-order valence-electron chi connectivity index (χ3n) is 5.94. The Hall–Kier alpha value is -4.19. The van der Waals surface area contributed by atoms with Crippen molar-refractivity contribution in [2.45, 2.75) is 14.7 Å². The fourth-order valence-corrected chi connectivity index (χ4v) is 7.94. The van der Waals surface area contributed by atoms with E-state index in [1.54, 1.807) is 42.5 Å². The van der Waals surface area contributed by atoms with Gasteiger partial charge in [0.1, 0.15) is 0 Å². The van der Waals surface area contributed by atoms with Crippen molar-refractivity contribution in [3.05, 3.63) is 136 Å². The first-order valence-corrected chi connectivity index (χ1v) is 15.3. The zero-order chi connectivity index (χ0) is 27.6. The maximum atomic E-state index is 13.9. The lowest BCUT2D eigenvalue weighted by Gasteiger charge is -2.09. The van der Waals surface area contributed by atoms with Crippen molar-refractivity contribution in [3.63, 3.8) is 0 Å². The maximum absolute atomic E-state index is 13.9. The third-order valence-corrected chi connectivity index (χ3v) is 10.5. The van der Waals surface area contributed by atoms with Gasteiger partial charge in [0, 0.05) is 34.2 Å². The van der Waals surface area contributed by atoms with Crippen LogP contribution in [0.3, 0.4) is 0 Å². The molecule has 0 amide bonds. The number of sulfone groups is 1. The summed E-state index contributed by atoms with van der Waals surface area (Å²) in [5.74, 6) is 0. The number of nitrogens with zero attached hydrogens (tertiary/aromatic N) is 2. The Balaban J connectivity index is 1.72. The Morgan fingerprint density at radius 3 is 1.97 bits per heavy atom. The highest BCUT2D eigenvalue weighted by atomic mass is 32.2. The maximum Gasteiger partial charge on any atom is 0.269 e. The first-order chi connectivity index (χ1) is 18.7. The van der Waals surface area contributed by atoms with Gasteiger partial charge in [-0.3, -0.25) is 10.1 Å². The summed E-state index contributed by atoms with van der Waals surface area (Å²) >= 11 is 1.21. The van der Waals surface area contributed by atoms with E-state index in [9.17, 15) is 26.9 Å². The van der Waals surface area contributed by atoms with Gasteiger partial charge in [0.05, 0.1) is 25.1 Å². The normalized spacial score (nSPS) is 12.5. The molecule has 0 radical (unpaired) electrons. The molecule has 0 saturated heterocycles. The Bertz CT molecular complexity index is 1920. The third kappa shape index (κ3) is 5.11. The number of aromatic nitrogens is 1. The molecule has 4 aromatic carbocycles. The molecule has 11 heteroatoms. The van der Waals surface area contributed by atoms with E-state index in [0.717, 1.165) is 33.1 Å². The number of non-ortho nitro benzene ring substituents is 1. The molecule has 0 unspecified atom stereocenters. The van der Waals surface area contributed by atoms with Crippen LogP contribution in [-0.2, 0) is 19.9 Å². The van der Waals surface area contributed by atoms with Gasteiger partial charge in [0.2, 0.25) is 9.84 Å². The van der Waals surface area contributed by atoms with Gasteiger partial charge in [-0.15, -0.1) is 0 Å². The molecule has 0 fully saturated rings. The van der Waals surface area contributed by atoms with Gasteiger partial charge in [-0.05, 0) is 47.9 Å². The van der Waals surface area contributed by atoms with Gasteiger partial charge in [-0.1, -0.05) is 66.4 Å². The molecule has 39 heavy (non-hydrogen) atoms. The van der Waals surface area contributed by atoms with E-state index >= 15 is 0 Å². The second-order valence-corrected chi connectivity index (χ2v) is 13.0. The van der Waals surface area contributed by atoms with Crippen LogP contribution in [0, 0.1) is 10.1 Å². The lowest BCUT2D eigenvalue weighted by atomic mass is 10.2. The molecule has 0 saturated carbocycles. The zero-order valence-corrected chi connectivity index (χ0v) is 22.6. The van der Waals surface area contributed by atoms with Crippen molar-refractivity contribution < 1.29 is 21.8 Å². The highest BCUT2D eigenvalue weighted by molar-refractivity contribution is 8.05. The van der Waals surface area contributed by atoms with Gasteiger partial charge in [0.15, 0.2) is 0 Å². The highest BCUT2D eigenvalue weighted by Gasteiger charge is 2.29. The molecule has 196 valence electrons. The van der Waals surface area contributed by atoms with E-state index in [4.69, 9.17) is 0 Å². The number of hydrogen-bond acceptors (Lipinski definition) is 7. The highest BCUT2D eigenvalue weighted by Crippen LogP contribution is 2.38. The van der Waals surface area contributed by atoms with Crippen molar-refractivity contribution >= 4 is 53.1 Å². The van der Waals surface area contributed by atoms with Crippen LogP contribution in [-0.4, -0.2) is 25.7 Å². The quantitative estimate of drug-likeness (QED) is 0.120. The van der Waals surface area contributed by atoms with Gasteiger partial charge in [0.25, 0.3) is 15.7 Å². The van der Waals surface area contributed by atoms with Gasteiger partial charge < -0.3 is 0 Å². The van der Waals surface area contributed by atoms with Crippen LogP contribution in [0.5, 0.6) is 0 Å². The standard InChI is InChI=1S/C28H20N2O6S3/c31-30(32)21-15-17-24(18-16-21)39(35,36)29-19-26(25-13-7-8-14-27(25)29)28(20-37-22-9-3-1-4-10-22)38(33,34)23-11-5-2-6-12-23/h1-20H/b28-20+. The van der Waals surface area contributed by atoms with Crippen LogP contribution in [0.1, 0.15) is 5.56 Å². The molecule has 0 atom stereocenters. The molecule has 0 aliphatic heterocycles. The molecule has 0 aliphatic carbocycles. The van der Waals surface area contributed by atoms with Crippen molar-refractivity contribution in [2.24, 2.45) is 0 Å². The van der Waals surface area contributed by atoms with Crippen LogP contribution in [0.15, 0.2) is 135 Å². The molecule has 0 aliphatic rings. The van der Waals surface area contributed by atoms with Crippen molar-refractivity contribution in [1.82, 2.24) is 3.97 Å². The number of nitro groups is 1. The summed E-state index contributed by atoms with van der Waals surface area (Å²) in [6.45, 7) is 0. The van der Waals surface area contributed by atoms with Crippen molar-refractivity contribution in [2.75, 3.05) is 0 Å². The summed E-state index contributed by atoms with van der Waals surface area (Å²) in [4.78, 5) is 11.1. The number of nitro benzene ring substituents is 1. The lowest BCUT2D eigenvalue weighted by Crippen LogP contribution is -2.12. The molecular weight excluding hydrogens is 557 g/mol. The smallest absolute Gasteiger partial charge is 0.258 e. The van der Waals surface area contributed by atoms with Crippen LogP contribution in [0.4, 0.5) is 5.69 Å². The van der Waals surface area contributed by atoms with E-state index < -0.39 is 24.8 Å². The Morgan fingerprint density at radius 1 is 0.744 bits per heavy atom. The first kappa shape index (κ1) is 26.4. The number of rotatable bonds is 8. The van der Waals surface area contributed by atoms with Gasteiger partial charge in [-0.25, -0.2) is 20.8 Å². The largest absolute Gasteiger partial charge is 0.269 e. The predicted octanol–water partition coefficient (Wildman–Crippen LogP) is 6.35. The Labute approximate surface area is 229 Å². The van der Waals surface area contributed by atoms with E-state index in [1.807, 2.05) is 30.3 Å². The van der Waals surface area contributed by atoms with E-state index in [2.05, 4.69) is 0 Å². The van der Waals surface area contributed by atoms with Crippen LogP contribution < -0.4 is 0 Å². The second-order valence-electron chi connectivity index (χ2n) is 8.34. The minimum atomic E-state index is -4.23. The molecule has 0 spiro atoms. The SMILES string of the molecule is O=[N+]([O-])c1ccc(S(=O)(=O)n2cc(/C(=C\Sc3ccccc3)S(=O)(=O)c3ccccc3)c3ccccc32)cc1. The molecule has 0 bridgehead atoms. The average molecular weight is 577 g/mol. The number of hydrogen-bond donors (Lipinski definition) is 0. The van der Waals surface area contributed by atoms with Crippen molar-refractivity contribution in [3.8, 4) is 0 Å². The summed E-state index contributed by atoms with van der Waals surface area (Å²) < 4.78 is 56.2. The molecule has 1 heterocycles. The summed E-state index contributed by atoms with van der Waals surface area (Å²) in [6.07, 6.45) is 1.29. The number of thioether (sulfide) groups is 1. The minimum Gasteiger partial charge on any atom is -0.258 e. The Morgan fingerprint density at radius 2 is 1.33 bits per heavy atom. The lowest BCUT2D eigenvalue weighted by molar-refractivity contribution is -0.384. The van der Waals surface area contributed by atoms with Gasteiger partial charge in [-0.2, -0.15) is 0 Å². The topological polar surface area (TPSA) is 116 Å². The predicted molar refractivity (Wildman–Crippen MR) is 152 cm³/mol. The summed E-state index contributed by atoms with van der Waals surface area (Å²) in [5, 5.41) is 13.0. The van der Waals surface area contributed by atoms with E-state index in [1.165, 1.54) is 35.5 Å².